The number of carbonyl (C=O) groups excluding carboxylic acids is 2. The molecule has 2 heterocycles. The zero-order valence-electron chi connectivity index (χ0n) is 14.6. The number of urea groups is 1. The number of nitrogens with zero attached hydrogens (tertiary/aromatic N) is 1. The number of aromatic amines is 1. The number of rotatable bonds is 4. The van der Waals surface area contributed by atoms with Gasteiger partial charge < -0.3 is 16.0 Å². The number of hydrogen-bond acceptors (Lipinski definition) is 3. The van der Waals surface area contributed by atoms with Crippen LogP contribution in [0.1, 0.15) is 43.7 Å². The minimum atomic E-state index is -0.808. The van der Waals surface area contributed by atoms with Crippen molar-refractivity contribution in [2.45, 2.75) is 50.6 Å². The van der Waals surface area contributed by atoms with Gasteiger partial charge in [-0.1, -0.05) is 6.07 Å². The Morgan fingerprint density at radius 3 is 2.68 bits per heavy atom. The first-order valence-electron chi connectivity index (χ1n) is 8.85. The molecule has 0 bridgehead atoms. The molecule has 1 aromatic heterocycles. The van der Waals surface area contributed by atoms with E-state index in [9.17, 15) is 9.59 Å². The van der Waals surface area contributed by atoms with Crippen LogP contribution >= 0.6 is 0 Å². The van der Waals surface area contributed by atoms with Crippen molar-refractivity contribution in [2.24, 2.45) is 5.73 Å². The number of fused-ring (bicyclic) bond motifs is 1. The molecule has 1 aliphatic heterocycles. The molecule has 1 saturated carbocycles. The highest BCUT2D eigenvalue weighted by atomic mass is 16.2. The van der Waals surface area contributed by atoms with E-state index in [1.165, 1.54) is 15.8 Å². The van der Waals surface area contributed by atoms with Crippen molar-refractivity contribution in [3.05, 3.63) is 35.5 Å². The number of imide groups is 1. The van der Waals surface area contributed by atoms with Crippen LogP contribution in [0, 0.1) is 0 Å². The number of amides is 3. The Labute approximate surface area is 146 Å². The largest absolute Gasteiger partial charge is 0.361 e. The Morgan fingerprint density at radius 1 is 1.28 bits per heavy atom. The van der Waals surface area contributed by atoms with E-state index in [2.05, 4.69) is 34.7 Å². The van der Waals surface area contributed by atoms with Crippen LogP contribution in [0.25, 0.3) is 10.9 Å². The molecular formula is C19H24N4O2. The lowest BCUT2D eigenvalue weighted by atomic mass is 9.76. The zero-order chi connectivity index (χ0) is 17.8. The summed E-state index contributed by atoms with van der Waals surface area (Å²) in [5.74, 6) is 0.370. The lowest BCUT2D eigenvalue weighted by Gasteiger charge is -2.32. The number of carbonyl (C=O) groups is 2. The van der Waals surface area contributed by atoms with Gasteiger partial charge in [-0.25, -0.2) is 4.79 Å². The Bertz CT molecular complexity index is 848. The summed E-state index contributed by atoms with van der Waals surface area (Å²) in [5.41, 5.74) is 8.70. The van der Waals surface area contributed by atoms with Gasteiger partial charge in [-0.2, -0.15) is 0 Å². The lowest BCUT2D eigenvalue weighted by Crippen LogP contribution is -2.40. The molecule has 1 saturated heterocycles. The summed E-state index contributed by atoms with van der Waals surface area (Å²) in [6.45, 7) is 3.86. The maximum Gasteiger partial charge on any atom is 0.325 e. The van der Waals surface area contributed by atoms with Crippen LogP contribution in [-0.2, 0) is 11.2 Å². The van der Waals surface area contributed by atoms with Crippen LogP contribution in [0.4, 0.5) is 4.79 Å². The number of benzene rings is 1. The van der Waals surface area contributed by atoms with Crippen LogP contribution in [0.15, 0.2) is 24.4 Å². The molecule has 2 aliphatic rings. The third-order valence-corrected chi connectivity index (χ3v) is 5.46. The minimum Gasteiger partial charge on any atom is -0.361 e. The van der Waals surface area contributed by atoms with E-state index in [0.717, 1.165) is 23.9 Å². The molecule has 4 rings (SSSR count). The van der Waals surface area contributed by atoms with Gasteiger partial charge in [0, 0.05) is 29.7 Å². The first-order valence-corrected chi connectivity index (χ1v) is 8.85. The van der Waals surface area contributed by atoms with E-state index >= 15 is 0 Å². The maximum absolute atomic E-state index is 12.3. The van der Waals surface area contributed by atoms with E-state index in [0.29, 0.717) is 24.9 Å². The molecule has 25 heavy (non-hydrogen) atoms. The van der Waals surface area contributed by atoms with Gasteiger partial charge in [0.15, 0.2) is 0 Å². The van der Waals surface area contributed by atoms with Crippen molar-refractivity contribution in [2.75, 3.05) is 6.54 Å². The van der Waals surface area contributed by atoms with E-state index in [-0.39, 0.29) is 11.9 Å². The van der Waals surface area contributed by atoms with Gasteiger partial charge in [0.25, 0.3) is 5.91 Å². The van der Waals surface area contributed by atoms with Gasteiger partial charge in [-0.05, 0) is 62.3 Å². The molecule has 4 N–H and O–H groups in total. The first-order chi connectivity index (χ1) is 11.8. The molecule has 0 radical (unpaired) electrons. The highest BCUT2D eigenvalue weighted by Crippen LogP contribution is 2.39. The summed E-state index contributed by atoms with van der Waals surface area (Å²) in [5, 5.41) is 3.95. The fourth-order valence-electron chi connectivity index (χ4n) is 3.86. The molecule has 1 aromatic carbocycles. The van der Waals surface area contributed by atoms with E-state index in [4.69, 9.17) is 5.73 Å². The second-order valence-corrected chi connectivity index (χ2v) is 7.81. The van der Waals surface area contributed by atoms with Gasteiger partial charge in [-0.3, -0.25) is 9.69 Å². The van der Waals surface area contributed by atoms with Crippen molar-refractivity contribution >= 4 is 22.8 Å². The van der Waals surface area contributed by atoms with Gasteiger partial charge in [0.1, 0.15) is 5.54 Å². The smallest absolute Gasteiger partial charge is 0.325 e. The predicted octanol–water partition coefficient (Wildman–Crippen LogP) is 2.25. The first kappa shape index (κ1) is 16.1. The summed E-state index contributed by atoms with van der Waals surface area (Å²) >= 11 is 0. The van der Waals surface area contributed by atoms with Crippen LogP contribution in [-0.4, -0.2) is 39.9 Å². The van der Waals surface area contributed by atoms with Gasteiger partial charge >= 0.3 is 6.03 Å². The van der Waals surface area contributed by atoms with Crippen LogP contribution in [0.2, 0.25) is 0 Å². The van der Waals surface area contributed by atoms with Crippen LogP contribution < -0.4 is 11.1 Å². The fraction of sp³-hybridized carbons (Fsp3) is 0.474. The topological polar surface area (TPSA) is 91.2 Å². The summed E-state index contributed by atoms with van der Waals surface area (Å²) in [4.78, 5) is 28.9. The molecule has 3 amide bonds. The quantitative estimate of drug-likeness (QED) is 0.746. The Kier molecular flexibility index (Phi) is 3.61. The van der Waals surface area contributed by atoms with Crippen LogP contribution in [0.5, 0.6) is 0 Å². The average Bonchev–Trinajstić information content (AvgIpc) is 3.01. The van der Waals surface area contributed by atoms with Crippen LogP contribution in [0.3, 0.4) is 0 Å². The van der Waals surface area contributed by atoms with E-state index < -0.39 is 5.54 Å². The van der Waals surface area contributed by atoms with Gasteiger partial charge in [-0.15, -0.1) is 0 Å². The molecular weight excluding hydrogens is 316 g/mol. The average molecular weight is 340 g/mol. The fourth-order valence-corrected chi connectivity index (χ4v) is 3.86. The number of nitrogens with one attached hydrogen (secondary N) is 2. The Hall–Kier alpha value is -2.34. The van der Waals surface area contributed by atoms with E-state index in [1.807, 2.05) is 0 Å². The molecule has 0 atom stereocenters. The Balaban J connectivity index is 1.51. The zero-order valence-corrected chi connectivity index (χ0v) is 14.6. The van der Waals surface area contributed by atoms with Crippen molar-refractivity contribution < 1.29 is 9.59 Å². The Morgan fingerprint density at radius 2 is 2.04 bits per heavy atom. The molecule has 0 spiro atoms. The number of nitrogens with two attached hydrogens (primary N) is 1. The molecule has 132 valence electrons. The number of H-pyrrole nitrogens is 1. The van der Waals surface area contributed by atoms with Crippen molar-refractivity contribution in [3.8, 4) is 0 Å². The number of hydrogen-bond donors (Lipinski definition) is 3. The standard InChI is InChI=1S/C19H24N4O2/c1-19(2)17(24)23(18(25)22-19)6-5-11-3-4-16-14(7-11)15(10-21-16)12-8-13(20)9-12/h3-4,7,10,12-13,21H,5-6,8-9,20H2,1-2H3,(H,22,25)/t12-,13-. The molecule has 6 nitrogen and oxygen atoms in total. The second-order valence-electron chi connectivity index (χ2n) is 7.81. The monoisotopic (exact) mass is 340 g/mol. The lowest BCUT2D eigenvalue weighted by molar-refractivity contribution is -0.130. The summed E-state index contributed by atoms with van der Waals surface area (Å²) in [6.07, 6.45) is 4.81. The normalized spacial score (nSPS) is 25.3. The van der Waals surface area contributed by atoms with Gasteiger partial charge in [0.05, 0.1) is 0 Å². The molecule has 6 heteroatoms. The summed E-state index contributed by atoms with van der Waals surface area (Å²) < 4.78 is 0. The predicted molar refractivity (Wildman–Crippen MR) is 96.3 cm³/mol. The summed E-state index contributed by atoms with van der Waals surface area (Å²) in [7, 11) is 0. The molecule has 2 aromatic rings. The number of aromatic nitrogens is 1. The highest BCUT2D eigenvalue weighted by molar-refractivity contribution is 6.06. The van der Waals surface area contributed by atoms with Crippen molar-refractivity contribution in [1.29, 1.82) is 0 Å². The molecule has 0 unspecified atom stereocenters. The van der Waals surface area contributed by atoms with Crippen molar-refractivity contribution in [1.82, 2.24) is 15.2 Å². The van der Waals surface area contributed by atoms with Gasteiger partial charge in [0.2, 0.25) is 0 Å². The minimum absolute atomic E-state index is 0.163. The maximum atomic E-state index is 12.3. The summed E-state index contributed by atoms with van der Waals surface area (Å²) in [6, 6.07) is 6.32. The van der Waals surface area contributed by atoms with Crippen molar-refractivity contribution in [3.63, 3.8) is 0 Å². The second kappa shape index (κ2) is 5.59. The molecule has 1 aliphatic carbocycles. The third-order valence-electron chi connectivity index (χ3n) is 5.46. The van der Waals surface area contributed by atoms with E-state index in [1.54, 1.807) is 13.8 Å². The third kappa shape index (κ3) is 2.70. The molecule has 2 fully saturated rings. The highest BCUT2D eigenvalue weighted by Gasteiger charge is 2.43. The SMILES string of the molecule is CC1(C)NC(=O)N(CCc2ccc3[nH]cc([C@H]4C[C@H](N)C4)c3c2)C1=O.